The van der Waals surface area contributed by atoms with Crippen LogP contribution in [0.15, 0.2) is 23.1 Å². The molecule has 0 aliphatic rings. The van der Waals surface area contributed by atoms with E-state index < -0.39 is 32.5 Å². The summed E-state index contributed by atoms with van der Waals surface area (Å²) >= 11 is 0. The number of hydrogen-bond acceptors (Lipinski definition) is 6. The number of benzene rings is 1. The van der Waals surface area contributed by atoms with Crippen molar-refractivity contribution in [1.82, 2.24) is 0 Å². The SMILES string of the molecule is COC(=O)c1cccc(S(=O)(=O)O)c1C(=O)OC.[H-].[H-].[Mg+2]. The molecule has 9 heteroatoms. The maximum atomic E-state index is 11.5. The van der Waals surface area contributed by atoms with Gasteiger partial charge in [-0.2, -0.15) is 8.42 Å². The molecule has 0 aliphatic heterocycles. The van der Waals surface area contributed by atoms with Gasteiger partial charge in [-0.1, -0.05) is 6.07 Å². The predicted molar refractivity (Wildman–Crippen MR) is 66.9 cm³/mol. The summed E-state index contributed by atoms with van der Waals surface area (Å²) in [5.41, 5.74) is -0.867. The molecule has 0 unspecified atom stereocenters. The fourth-order valence-electron chi connectivity index (χ4n) is 1.34. The molecule has 0 aromatic heterocycles. The zero-order valence-corrected chi connectivity index (χ0v) is 12.5. The summed E-state index contributed by atoms with van der Waals surface area (Å²) in [5, 5.41) is 0. The van der Waals surface area contributed by atoms with Crippen molar-refractivity contribution in [3.05, 3.63) is 29.3 Å². The molecule has 19 heavy (non-hydrogen) atoms. The van der Waals surface area contributed by atoms with Crippen LogP contribution in [0.1, 0.15) is 23.6 Å². The third-order valence-corrected chi connectivity index (χ3v) is 2.99. The molecule has 1 N–H and O–H groups in total. The molecule has 0 atom stereocenters. The van der Waals surface area contributed by atoms with Crippen molar-refractivity contribution < 1.29 is 34.9 Å². The number of carbonyl (C=O) groups is 2. The van der Waals surface area contributed by atoms with E-state index in [-0.39, 0.29) is 31.5 Å². The smallest absolute Gasteiger partial charge is 1.00 e. The third kappa shape index (κ3) is 3.90. The van der Waals surface area contributed by atoms with Gasteiger partial charge in [0.1, 0.15) is 4.90 Å². The molecular weight excluding hydrogens is 288 g/mol. The Bertz CT molecular complexity index is 603. The van der Waals surface area contributed by atoms with Crippen molar-refractivity contribution in [1.29, 1.82) is 0 Å². The Morgan fingerprint density at radius 1 is 1.16 bits per heavy atom. The van der Waals surface area contributed by atoms with Gasteiger partial charge in [0.25, 0.3) is 10.1 Å². The van der Waals surface area contributed by atoms with Crippen molar-refractivity contribution in [2.75, 3.05) is 14.2 Å². The molecule has 1 aromatic carbocycles. The number of esters is 2. The van der Waals surface area contributed by atoms with Crippen LogP contribution in [-0.4, -0.2) is 62.2 Å². The first-order chi connectivity index (χ1) is 8.32. The van der Waals surface area contributed by atoms with E-state index in [4.69, 9.17) is 4.55 Å². The minimum Gasteiger partial charge on any atom is -1.00 e. The normalized spacial score (nSPS) is 10.3. The first kappa shape index (κ1) is 17.8. The first-order valence-electron chi connectivity index (χ1n) is 4.60. The maximum absolute atomic E-state index is 11.5. The number of methoxy groups -OCH3 is 2. The van der Waals surface area contributed by atoms with Gasteiger partial charge in [0.15, 0.2) is 0 Å². The van der Waals surface area contributed by atoms with E-state index in [0.29, 0.717) is 0 Å². The molecular formula is C10H12MgO7S. The van der Waals surface area contributed by atoms with Crippen molar-refractivity contribution in [3.8, 4) is 0 Å². The monoisotopic (exact) mass is 300 g/mol. The molecule has 0 spiro atoms. The van der Waals surface area contributed by atoms with Gasteiger partial charge in [0.05, 0.1) is 25.3 Å². The van der Waals surface area contributed by atoms with Gasteiger partial charge in [0.2, 0.25) is 0 Å². The second kappa shape index (κ2) is 6.85. The Hall–Kier alpha value is -1.16. The van der Waals surface area contributed by atoms with Gasteiger partial charge >= 0.3 is 35.0 Å². The van der Waals surface area contributed by atoms with Crippen LogP contribution in [0.4, 0.5) is 0 Å². The van der Waals surface area contributed by atoms with Crippen LogP contribution in [-0.2, 0) is 19.6 Å². The summed E-state index contributed by atoms with van der Waals surface area (Å²) in [7, 11) is -2.57. The largest absolute Gasteiger partial charge is 2.00 e. The summed E-state index contributed by atoms with van der Waals surface area (Å²) in [6, 6.07) is 3.36. The molecule has 0 radical (unpaired) electrons. The quantitative estimate of drug-likeness (QED) is 0.487. The predicted octanol–water partition coefficient (Wildman–Crippen LogP) is 0.351. The molecule has 1 rings (SSSR count). The number of rotatable bonds is 3. The van der Waals surface area contributed by atoms with E-state index in [0.717, 1.165) is 20.3 Å². The Labute approximate surface area is 128 Å². The van der Waals surface area contributed by atoms with Crippen molar-refractivity contribution in [2.45, 2.75) is 4.90 Å². The standard InChI is InChI=1S/C10H10O7S.Mg.2H/c1-16-9(11)6-4-3-5-7(18(13,14)15)8(6)10(12)17-2;;;/h3-5H,1-2H3,(H,13,14,15);;;/q;+2;2*-1. The van der Waals surface area contributed by atoms with Gasteiger partial charge in [-0.25, -0.2) is 9.59 Å². The number of hydrogen-bond donors (Lipinski definition) is 1. The summed E-state index contributed by atoms with van der Waals surface area (Å²) < 4.78 is 40.1. The minimum atomic E-state index is -4.66. The van der Waals surface area contributed by atoms with Crippen LogP contribution in [0, 0.1) is 0 Å². The van der Waals surface area contributed by atoms with Gasteiger partial charge in [-0.05, 0) is 12.1 Å². The zero-order valence-electron chi connectivity index (χ0n) is 12.2. The zero-order chi connectivity index (χ0) is 13.9. The Kier molecular flexibility index (Phi) is 6.43. The van der Waals surface area contributed by atoms with Crippen LogP contribution in [0.25, 0.3) is 0 Å². The fourth-order valence-corrected chi connectivity index (χ4v) is 2.04. The van der Waals surface area contributed by atoms with Crippen LogP contribution < -0.4 is 0 Å². The Balaban J connectivity index is -0.00000108. The van der Waals surface area contributed by atoms with Gasteiger partial charge < -0.3 is 12.3 Å². The molecule has 1 aromatic rings. The Morgan fingerprint density at radius 3 is 2.11 bits per heavy atom. The summed E-state index contributed by atoms with van der Waals surface area (Å²) in [6.45, 7) is 0. The molecule has 0 bridgehead atoms. The number of ether oxygens (including phenoxy) is 2. The van der Waals surface area contributed by atoms with E-state index >= 15 is 0 Å². The van der Waals surface area contributed by atoms with E-state index in [1.165, 1.54) is 12.1 Å². The second-order valence-corrected chi connectivity index (χ2v) is 4.53. The van der Waals surface area contributed by atoms with Crippen LogP contribution in [0.5, 0.6) is 0 Å². The topological polar surface area (TPSA) is 107 Å². The van der Waals surface area contributed by atoms with Crippen LogP contribution in [0.2, 0.25) is 0 Å². The molecule has 0 saturated carbocycles. The van der Waals surface area contributed by atoms with Crippen molar-refractivity contribution in [3.63, 3.8) is 0 Å². The molecule has 7 nitrogen and oxygen atoms in total. The third-order valence-electron chi connectivity index (χ3n) is 2.10. The average Bonchev–Trinajstić information content (AvgIpc) is 2.34. The van der Waals surface area contributed by atoms with E-state index in [9.17, 15) is 18.0 Å². The van der Waals surface area contributed by atoms with E-state index in [1.807, 2.05) is 0 Å². The Morgan fingerprint density at radius 2 is 1.68 bits per heavy atom. The van der Waals surface area contributed by atoms with Crippen molar-refractivity contribution >= 4 is 45.1 Å². The van der Waals surface area contributed by atoms with E-state index in [1.54, 1.807) is 0 Å². The first-order valence-corrected chi connectivity index (χ1v) is 6.04. The van der Waals surface area contributed by atoms with Gasteiger partial charge in [-0.3, -0.25) is 4.55 Å². The number of carbonyl (C=O) groups excluding carboxylic acids is 2. The molecule has 0 aliphatic carbocycles. The molecule has 0 amide bonds. The average molecular weight is 301 g/mol. The fraction of sp³-hybridized carbons (Fsp3) is 0.200. The molecule has 0 heterocycles. The maximum Gasteiger partial charge on any atom is 2.00 e. The second-order valence-electron chi connectivity index (χ2n) is 3.14. The van der Waals surface area contributed by atoms with Crippen LogP contribution in [0.3, 0.4) is 0 Å². The summed E-state index contributed by atoms with van der Waals surface area (Å²) in [5.74, 6) is -1.98. The van der Waals surface area contributed by atoms with E-state index in [2.05, 4.69) is 9.47 Å². The van der Waals surface area contributed by atoms with Gasteiger partial charge in [0, 0.05) is 0 Å². The summed E-state index contributed by atoms with van der Waals surface area (Å²) in [4.78, 5) is 22.2. The summed E-state index contributed by atoms with van der Waals surface area (Å²) in [6.07, 6.45) is 0. The molecule has 0 fully saturated rings. The van der Waals surface area contributed by atoms with Crippen LogP contribution >= 0.6 is 0 Å². The molecule has 0 saturated heterocycles. The minimum absolute atomic E-state index is 0. The van der Waals surface area contributed by atoms with Gasteiger partial charge in [-0.15, -0.1) is 0 Å². The van der Waals surface area contributed by atoms with Crippen molar-refractivity contribution in [2.24, 2.45) is 0 Å². The molecule has 102 valence electrons.